The van der Waals surface area contributed by atoms with Crippen molar-refractivity contribution in [3.8, 4) is 0 Å². The monoisotopic (exact) mass is 910 g/mol. The molecule has 0 spiro atoms. The maximum atomic E-state index is 12.6. The fourth-order valence-electron chi connectivity index (χ4n) is 5.97. The average Bonchev–Trinajstić information content (AvgIpc) is 3.28. The normalized spacial score (nSPS) is 14.2. The lowest BCUT2D eigenvalue weighted by Gasteiger charge is -2.19. The van der Waals surface area contributed by atoms with Gasteiger partial charge in [0.2, 0.25) is 0 Å². The van der Waals surface area contributed by atoms with Crippen LogP contribution in [0.2, 0.25) is 0 Å². The number of hydrogen-bond acceptors (Lipinski definition) is 8. The molecule has 0 saturated carbocycles. The number of phosphoric ester groups is 1. The van der Waals surface area contributed by atoms with Crippen LogP contribution in [0.25, 0.3) is 0 Å². The Morgan fingerprint density at radius 3 is 1.31 bits per heavy atom. The van der Waals surface area contributed by atoms with Gasteiger partial charge in [0, 0.05) is 19.4 Å². The molecule has 0 aliphatic heterocycles. The number of phosphoric acid groups is 1. The molecular weight excluding hydrogens is 822 g/mol. The number of unbranched alkanes of at least 4 members (excludes halogenated alkanes) is 11. The second kappa shape index (κ2) is 48.9. The Morgan fingerprint density at radius 2 is 0.859 bits per heavy atom. The van der Waals surface area contributed by atoms with E-state index in [2.05, 4.69) is 135 Å². The van der Waals surface area contributed by atoms with Crippen molar-refractivity contribution in [3.05, 3.63) is 122 Å². The highest BCUT2D eigenvalue weighted by Gasteiger charge is 2.26. The van der Waals surface area contributed by atoms with Gasteiger partial charge in [-0.3, -0.25) is 18.6 Å². The molecule has 3 N–H and O–H groups in total. The van der Waals surface area contributed by atoms with Crippen molar-refractivity contribution in [2.24, 2.45) is 5.73 Å². The first-order chi connectivity index (χ1) is 31.3. The van der Waals surface area contributed by atoms with Gasteiger partial charge in [0.15, 0.2) is 6.10 Å². The maximum Gasteiger partial charge on any atom is 0.472 e. The van der Waals surface area contributed by atoms with Gasteiger partial charge in [0.05, 0.1) is 13.2 Å². The summed E-state index contributed by atoms with van der Waals surface area (Å²) in [5.41, 5.74) is 5.35. The van der Waals surface area contributed by atoms with Crippen LogP contribution in [-0.2, 0) is 32.7 Å². The largest absolute Gasteiger partial charge is 0.472 e. The standard InChI is InChI=1S/C54H88NO8P/c1-3-5-7-9-11-13-15-17-18-19-20-21-22-23-24-25-26-27-28-29-30-31-32-33-34-35-37-39-41-43-45-47-54(57)63-52(51-62-64(58,59)61-49-48-55)50-60-53(56)46-44-42-40-38-36-16-14-12-10-8-6-4-2/h5,7,11-14,17-18,20-21,23-24,26-27,29-30,32-33,35,37,52H,3-4,6,8-10,15-16,19,22,25,28,31,34,36,38-51,55H2,1-2H3,(H,58,59)/b7-5-,13-11-,14-12-,18-17-,21-20-,24-23-,27-26-,30-29-,33-32-,37-35-. The molecule has 0 radical (unpaired) electrons. The maximum absolute atomic E-state index is 12.6. The summed E-state index contributed by atoms with van der Waals surface area (Å²) in [6, 6.07) is 0. The van der Waals surface area contributed by atoms with Crippen molar-refractivity contribution in [1.82, 2.24) is 0 Å². The molecular formula is C54H88NO8P. The summed E-state index contributed by atoms with van der Waals surface area (Å²) < 4.78 is 32.8. The first-order valence-electron chi connectivity index (χ1n) is 24.5. The summed E-state index contributed by atoms with van der Waals surface area (Å²) in [5.74, 6) is -0.890. The second-order valence-corrected chi connectivity index (χ2v) is 17.0. The Bertz CT molecular complexity index is 1450. The fraction of sp³-hybridized carbons (Fsp3) is 0.593. The van der Waals surface area contributed by atoms with E-state index in [4.69, 9.17) is 24.3 Å². The Hall–Kier alpha value is -3.59. The van der Waals surface area contributed by atoms with E-state index >= 15 is 0 Å². The van der Waals surface area contributed by atoms with Crippen LogP contribution in [0.3, 0.4) is 0 Å². The van der Waals surface area contributed by atoms with E-state index in [1.165, 1.54) is 19.3 Å². The number of carbonyl (C=O) groups excluding carboxylic acids is 2. The lowest BCUT2D eigenvalue weighted by Crippen LogP contribution is -2.29. The summed E-state index contributed by atoms with van der Waals surface area (Å²) in [6.07, 6.45) is 66.7. The highest BCUT2D eigenvalue weighted by molar-refractivity contribution is 7.47. The van der Waals surface area contributed by atoms with Crippen molar-refractivity contribution in [2.45, 2.75) is 180 Å². The topological polar surface area (TPSA) is 134 Å². The molecule has 0 aromatic rings. The minimum Gasteiger partial charge on any atom is -0.462 e. The van der Waals surface area contributed by atoms with Gasteiger partial charge in [-0.1, -0.05) is 174 Å². The number of allylic oxidation sites excluding steroid dienone is 20. The minimum absolute atomic E-state index is 0.0398. The van der Waals surface area contributed by atoms with Crippen LogP contribution in [0.4, 0.5) is 0 Å². The number of nitrogens with two attached hydrogens (primary N) is 1. The van der Waals surface area contributed by atoms with E-state index in [-0.39, 0.29) is 32.6 Å². The highest BCUT2D eigenvalue weighted by Crippen LogP contribution is 2.43. The predicted octanol–water partition coefficient (Wildman–Crippen LogP) is 14.9. The van der Waals surface area contributed by atoms with Gasteiger partial charge in [0.1, 0.15) is 6.61 Å². The van der Waals surface area contributed by atoms with Crippen LogP contribution in [0.15, 0.2) is 122 Å². The zero-order valence-electron chi connectivity index (χ0n) is 40.0. The summed E-state index contributed by atoms with van der Waals surface area (Å²) >= 11 is 0. The molecule has 10 heteroatoms. The van der Waals surface area contributed by atoms with Crippen LogP contribution in [0, 0.1) is 0 Å². The second-order valence-electron chi connectivity index (χ2n) is 15.6. The van der Waals surface area contributed by atoms with Gasteiger partial charge in [-0.25, -0.2) is 4.57 Å². The van der Waals surface area contributed by atoms with Crippen LogP contribution in [0.5, 0.6) is 0 Å². The molecule has 0 bridgehead atoms. The van der Waals surface area contributed by atoms with Crippen molar-refractivity contribution < 1.29 is 37.6 Å². The molecule has 2 atom stereocenters. The average molecular weight is 910 g/mol. The molecule has 0 aliphatic rings. The van der Waals surface area contributed by atoms with Gasteiger partial charge >= 0.3 is 19.8 Å². The highest BCUT2D eigenvalue weighted by atomic mass is 31.2. The van der Waals surface area contributed by atoms with Crippen molar-refractivity contribution in [2.75, 3.05) is 26.4 Å². The quantitative estimate of drug-likeness (QED) is 0.0265. The molecule has 2 unspecified atom stereocenters. The Labute approximate surface area is 390 Å². The van der Waals surface area contributed by atoms with Crippen LogP contribution >= 0.6 is 7.82 Å². The van der Waals surface area contributed by atoms with E-state index in [0.717, 1.165) is 116 Å². The molecule has 0 fully saturated rings. The minimum atomic E-state index is -4.40. The number of ether oxygens (including phenoxy) is 2. The SMILES string of the molecule is CC/C=C\C/C=C\C/C=C\C/C=C\C/C=C\C/C=C\C/C=C\C/C=C\C/C=C\CCCCCC(=O)OC(COC(=O)CCCCCCC/C=C\CCCCC)COP(=O)(O)OCCN. The van der Waals surface area contributed by atoms with E-state index in [0.29, 0.717) is 12.8 Å². The zero-order chi connectivity index (χ0) is 46.7. The summed E-state index contributed by atoms with van der Waals surface area (Å²) in [6.45, 7) is 3.52. The molecule has 64 heavy (non-hydrogen) atoms. The smallest absolute Gasteiger partial charge is 0.462 e. The van der Waals surface area contributed by atoms with Gasteiger partial charge in [-0.05, 0) is 109 Å². The van der Waals surface area contributed by atoms with Crippen LogP contribution < -0.4 is 5.73 Å². The number of carbonyl (C=O) groups is 2. The van der Waals surface area contributed by atoms with Crippen LogP contribution in [0.1, 0.15) is 174 Å². The third kappa shape index (κ3) is 47.9. The van der Waals surface area contributed by atoms with Gasteiger partial charge in [-0.15, -0.1) is 0 Å². The van der Waals surface area contributed by atoms with E-state index in [1.807, 2.05) is 0 Å². The predicted molar refractivity (Wildman–Crippen MR) is 270 cm³/mol. The summed E-state index contributed by atoms with van der Waals surface area (Å²) in [5, 5.41) is 0. The summed E-state index contributed by atoms with van der Waals surface area (Å²) in [4.78, 5) is 34.9. The van der Waals surface area contributed by atoms with Gasteiger partial charge in [-0.2, -0.15) is 0 Å². The molecule has 0 rings (SSSR count). The lowest BCUT2D eigenvalue weighted by molar-refractivity contribution is -0.161. The molecule has 0 amide bonds. The Morgan fingerprint density at radius 1 is 0.484 bits per heavy atom. The van der Waals surface area contributed by atoms with Crippen molar-refractivity contribution >= 4 is 19.8 Å². The zero-order valence-corrected chi connectivity index (χ0v) is 40.9. The molecule has 0 aromatic carbocycles. The number of hydrogen-bond donors (Lipinski definition) is 2. The first-order valence-corrected chi connectivity index (χ1v) is 26.0. The van der Waals surface area contributed by atoms with Crippen molar-refractivity contribution in [3.63, 3.8) is 0 Å². The molecule has 9 nitrogen and oxygen atoms in total. The van der Waals surface area contributed by atoms with E-state index in [1.54, 1.807) is 0 Å². The van der Waals surface area contributed by atoms with Crippen LogP contribution in [-0.4, -0.2) is 49.3 Å². The Balaban J connectivity index is 4.16. The van der Waals surface area contributed by atoms with Gasteiger partial charge < -0.3 is 20.1 Å². The molecule has 0 heterocycles. The van der Waals surface area contributed by atoms with Gasteiger partial charge in [0.25, 0.3) is 0 Å². The van der Waals surface area contributed by atoms with E-state index < -0.39 is 32.5 Å². The molecule has 0 aromatic heterocycles. The fourth-order valence-corrected chi connectivity index (χ4v) is 6.74. The van der Waals surface area contributed by atoms with E-state index in [9.17, 15) is 19.0 Å². The molecule has 362 valence electrons. The first kappa shape index (κ1) is 60.4. The number of rotatable bonds is 44. The number of esters is 2. The molecule has 0 saturated heterocycles. The third-order valence-electron chi connectivity index (χ3n) is 9.58. The molecule has 0 aliphatic carbocycles. The van der Waals surface area contributed by atoms with Crippen molar-refractivity contribution in [1.29, 1.82) is 0 Å². The lowest BCUT2D eigenvalue weighted by atomic mass is 10.1. The third-order valence-corrected chi connectivity index (χ3v) is 10.6. The Kier molecular flexibility index (Phi) is 46.1. The summed E-state index contributed by atoms with van der Waals surface area (Å²) in [7, 11) is -4.40.